The highest BCUT2D eigenvalue weighted by Crippen LogP contribution is 2.28. The molecule has 0 spiro atoms. The number of aromatic nitrogens is 1. The normalized spacial score (nSPS) is 15.9. The summed E-state index contributed by atoms with van der Waals surface area (Å²) in [7, 11) is -3.46. The van der Waals surface area contributed by atoms with Crippen LogP contribution in [0.25, 0.3) is 0 Å². The summed E-state index contributed by atoms with van der Waals surface area (Å²) in [4.78, 5) is 4.45. The Hall–Kier alpha value is -1.92. The van der Waals surface area contributed by atoms with E-state index in [1.165, 1.54) is 11.8 Å². The van der Waals surface area contributed by atoms with E-state index in [-0.39, 0.29) is 10.9 Å². The van der Waals surface area contributed by atoms with Crippen molar-refractivity contribution in [1.82, 2.24) is 9.71 Å². The summed E-state index contributed by atoms with van der Waals surface area (Å²) in [5, 5.41) is 3.29. The molecule has 1 aliphatic carbocycles. The molecule has 0 amide bonds. The van der Waals surface area contributed by atoms with Gasteiger partial charge in [0.05, 0.1) is 0 Å². The minimum atomic E-state index is -3.46. The van der Waals surface area contributed by atoms with Gasteiger partial charge in [0.15, 0.2) is 0 Å². The van der Waals surface area contributed by atoms with Crippen LogP contribution in [0.5, 0.6) is 0 Å². The van der Waals surface area contributed by atoms with Crippen molar-refractivity contribution in [2.75, 3.05) is 11.9 Å². The molecule has 1 heterocycles. The first-order valence-electron chi connectivity index (χ1n) is 8.23. The van der Waals surface area contributed by atoms with Gasteiger partial charge in [-0.1, -0.05) is 29.8 Å². The van der Waals surface area contributed by atoms with Crippen molar-refractivity contribution >= 4 is 15.8 Å². The van der Waals surface area contributed by atoms with Gasteiger partial charge >= 0.3 is 0 Å². The lowest BCUT2D eigenvalue weighted by Crippen LogP contribution is -2.26. The molecule has 1 fully saturated rings. The van der Waals surface area contributed by atoms with Crippen LogP contribution in [-0.4, -0.2) is 19.9 Å². The number of hydrogen-bond acceptors (Lipinski definition) is 4. The van der Waals surface area contributed by atoms with E-state index in [0.717, 1.165) is 18.4 Å². The molecule has 24 heavy (non-hydrogen) atoms. The molecule has 0 radical (unpaired) electrons. The molecule has 3 rings (SSSR count). The standard InChI is InChI=1S/C18H23N3O2S/c1-13-3-7-16(8-4-13)14(2)21-18-10-9-17(12-19-18)24(22,23)20-11-15-5-6-15/h3-4,7-10,12,14-15,20H,5-6,11H2,1-2H3,(H,19,21). The van der Waals surface area contributed by atoms with Gasteiger partial charge in [-0.25, -0.2) is 18.1 Å². The second-order valence-electron chi connectivity index (χ2n) is 6.45. The van der Waals surface area contributed by atoms with E-state index < -0.39 is 10.0 Å². The lowest BCUT2D eigenvalue weighted by molar-refractivity contribution is 0.577. The van der Waals surface area contributed by atoms with E-state index in [0.29, 0.717) is 18.3 Å². The molecule has 1 saturated carbocycles. The second-order valence-corrected chi connectivity index (χ2v) is 8.22. The molecule has 0 aliphatic heterocycles. The molecular formula is C18H23N3O2S. The van der Waals surface area contributed by atoms with E-state index in [4.69, 9.17) is 0 Å². The summed E-state index contributed by atoms with van der Waals surface area (Å²) in [6.45, 7) is 4.63. The van der Waals surface area contributed by atoms with Crippen LogP contribution in [0.4, 0.5) is 5.82 Å². The molecule has 6 heteroatoms. The highest BCUT2D eigenvalue weighted by Gasteiger charge is 2.24. The van der Waals surface area contributed by atoms with Gasteiger partial charge < -0.3 is 5.32 Å². The van der Waals surface area contributed by atoms with E-state index >= 15 is 0 Å². The second kappa shape index (κ2) is 6.91. The topological polar surface area (TPSA) is 71.1 Å². The molecule has 2 aromatic rings. The van der Waals surface area contributed by atoms with Gasteiger partial charge in [-0.05, 0) is 50.3 Å². The van der Waals surface area contributed by atoms with Gasteiger partial charge in [0.2, 0.25) is 10.0 Å². The summed E-state index contributed by atoms with van der Waals surface area (Å²) in [5.41, 5.74) is 2.38. The number of aryl methyl sites for hydroxylation is 1. The van der Waals surface area contributed by atoms with Crippen molar-refractivity contribution in [1.29, 1.82) is 0 Å². The largest absolute Gasteiger partial charge is 0.364 e. The van der Waals surface area contributed by atoms with E-state index in [1.54, 1.807) is 12.1 Å². The smallest absolute Gasteiger partial charge is 0.242 e. The Morgan fingerprint density at radius 1 is 1.17 bits per heavy atom. The molecule has 1 atom stereocenters. The van der Waals surface area contributed by atoms with Gasteiger partial charge in [-0.2, -0.15) is 0 Å². The fourth-order valence-electron chi connectivity index (χ4n) is 2.42. The first-order chi connectivity index (χ1) is 11.4. The summed E-state index contributed by atoms with van der Waals surface area (Å²) in [5.74, 6) is 1.16. The fraction of sp³-hybridized carbons (Fsp3) is 0.389. The van der Waals surface area contributed by atoms with Crippen molar-refractivity contribution in [3.8, 4) is 0 Å². The molecule has 1 aromatic heterocycles. The Morgan fingerprint density at radius 3 is 2.46 bits per heavy atom. The number of hydrogen-bond donors (Lipinski definition) is 2. The maximum Gasteiger partial charge on any atom is 0.242 e. The Bertz CT molecular complexity index is 782. The number of anilines is 1. The summed E-state index contributed by atoms with van der Waals surface area (Å²) in [6, 6.07) is 11.7. The lowest BCUT2D eigenvalue weighted by atomic mass is 10.1. The van der Waals surface area contributed by atoms with Crippen molar-refractivity contribution in [2.24, 2.45) is 5.92 Å². The van der Waals surface area contributed by atoms with Crippen LogP contribution < -0.4 is 10.0 Å². The zero-order valence-corrected chi connectivity index (χ0v) is 14.8. The predicted octanol–water partition coefficient (Wildman–Crippen LogP) is 3.25. The Kier molecular flexibility index (Phi) is 4.87. The third-order valence-corrected chi connectivity index (χ3v) is 5.66. The average Bonchev–Trinajstić information content (AvgIpc) is 3.38. The first kappa shape index (κ1) is 16.9. The average molecular weight is 345 g/mol. The number of benzene rings is 1. The van der Waals surface area contributed by atoms with Crippen LogP contribution in [0.2, 0.25) is 0 Å². The lowest BCUT2D eigenvalue weighted by Gasteiger charge is -2.15. The number of sulfonamides is 1. The highest BCUT2D eigenvalue weighted by molar-refractivity contribution is 7.89. The minimum absolute atomic E-state index is 0.0912. The third kappa shape index (κ3) is 4.33. The molecule has 1 aliphatic rings. The van der Waals surface area contributed by atoms with Crippen molar-refractivity contribution in [2.45, 2.75) is 37.6 Å². The number of nitrogens with zero attached hydrogens (tertiary/aromatic N) is 1. The maximum absolute atomic E-state index is 12.2. The Balaban J connectivity index is 1.64. The summed E-state index contributed by atoms with van der Waals surface area (Å²) in [6.07, 6.45) is 3.63. The van der Waals surface area contributed by atoms with Crippen LogP contribution in [0.15, 0.2) is 47.5 Å². The maximum atomic E-state index is 12.2. The van der Waals surface area contributed by atoms with Gasteiger partial charge in [-0.15, -0.1) is 0 Å². The SMILES string of the molecule is Cc1ccc(C(C)Nc2ccc(S(=O)(=O)NCC3CC3)cn2)cc1. The van der Waals surface area contributed by atoms with E-state index in [1.807, 2.05) is 6.92 Å². The third-order valence-electron chi connectivity index (χ3n) is 4.25. The van der Waals surface area contributed by atoms with Gasteiger partial charge in [0.1, 0.15) is 10.7 Å². The zero-order chi connectivity index (χ0) is 17.2. The van der Waals surface area contributed by atoms with Crippen LogP contribution in [0.3, 0.4) is 0 Å². The van der Waals surface area contributed by atoms with E-state index in [2.05, 4.69) is 46.2 Å². The monoisotopic (exact) mass is 345 g/mol. The molecule has 1 aromatic carbocycles. The molecule has 5 nitrogen and oxygen atoms in total. The Morgan fingerprint density at radius 2 is 1.88 bits per heavy atom. The number of pyridine rings is 1. The predicted molar refractivity (Wildman–Crippen MR) is 95.4 cm³/mol. The number of rotatable bonds is 7. The van der Waals surface area contributed by atoms with Crippen molar-refractivity contribution < 1.29 is 8.42 Å². The highest BCUT2D eigenvalue weighted by atomic mass is 32.2. The van der Waals surface area contributed by atoms with Crippen LogP contribution in [0, 0.1) is 12.8 Å². The van der Waals surface area contributed by atoms with E-state index in [9.17, 15) is 8.42 Å². The molecular weight excluding hydrogens is 322 g/mol. The zero-order valence-electron chi connectivity index (χ0n) is 14.0. The minimum Gasteiger partial charge on any atom is -0.364 e. The Labute approximate surface area is 143 Å². The summed E-state index contributed by atoms with van der Waals surface area (Å²) < 4.78 is 27.0. The number of nitrogens with one attached hydrogen (secondary N) is 2. The molecule has 128 valence electrons. The van der Waals surface area contributed by atoms with Crippen molar-refractivity contribution in [3.05, 3.63) is 53.7 Å². The molecule has 0 saturated heterocycles. The quantitative estimate of drug-likeness (QED) is 0.808. The van der Waals surface area contributed by atoms with Gasteiger partial charge in [0.25, 0.3) is 0 Å². The molecule has 1 unspecified atom stereocenters. The molecule has 2 N–H and O–H groups in total. The van der Waals surface area contributed by atoms with Crippen molar-refractivity contribution in [3.63, 3.8) is 0 Å². The summed E-state index contributed by atoms with van der Waals surface area (Å²) >= 11 is 0. The molecule has 0 bridgehead atoms. The fourth-order valence-corrected chi connectivity index (χ4v) is 3.48. The van der Waals surface area contributed by atoms with Crippen LogP contribution >= 0.6 is 0 Å². The van der Waals surface area contributed by atoms with Crippen LogP contribution in [0.1, 0.15) is 36.9 Å². The van der Waals surface area contributed by atoms with Crippen LogP contribution in [-0.2, 0) is 10.0 Å². The van der Waals surface area contributed by atoms with Gasteiger partial charge in [-0.3, -0.25) is 0 Å². The van der Waals surface area contributed by atoms with Gasteiger partial charge in [0, 0.05) is 18.8 Å². The first-order valence-corrected chi connectivity index (χ1v) is 9.71.